The molecule has 154 valence electrons. The second-order valence-corrected chi connectivity index (χ2v) is 6.59. The summed E-state index contributed by atoms with van der Waals surface area (Å²) >= 11 is 11.8. The van der Waals surface area contributed by atoms with E-state index in [9.17, 15) is 14.0 Å². The molecule has 0 unspecified atom stereocenters. The van der Waals surface area contributed by atoms with Crippen LogP contribution in [-0.2, 0) is 0 Å². The van der Waals surface area contributed by atoms with E-state index in [2.05, 4.69) is 31.7 Å². The molecule has 9 nitrogen and oxygen atoms in total. The van der Waals surface area contributed by atoms with Gasteiger partial charge in [0, 0.05) is 5.02 Å². The summed E-state index contributed by atoms with van der Waals surface area (Å²) in [7, 11) is 0. The predicted molar refractivity (Wildman–Crippen MR) is 111 cm³/mol. The number of benzene rings is 2. The second-order valence-electron chi connectivity index (χ2n) is 5.75. The molecule has 0 saturated carbocycles. The van der Waals surface area contributed by atoms with Crippen molar-refractivity contribution >= 4 is 52.3 Å². The van der Waals surface area contributed by atoms with Gasteiger partial charge in [0.2, 0.25) is 0 Å². The summed E-state index contributed by atoms with van der Waals surface area (Å²) in [5.41, 5.74) is 15.6. The SMILES string of the molecule is Nc1c(NNC(=O)c2ccccc2F)ncnc1NNC(=O)c1ccc(Cl)cc1Cl. The minimum absolute atomic E-state index is 0.0196. The van der Waals surface area contributed by atoms with Crippen molar-refractivity contribution < 1.29 is 14.0 Å². The average Bonchev–Trinajstić information content (AvgIpc) is 2.72. The Hall–Kier alpha value is -3.63. The molecule has 2 aromatic carbocycles. The van der Waals surface area contributed by atoms with Crippen molar-refractivity contribution in [3.63, 3.8) is 0 Å². The molecule has 3 rings (SSSR count). The maximum absolute atomic E-state index is 13.7. The van der Waals surface area contributed by atoms with E-state index in [0.717, 1.165) is 12.4 Å². The number of carbonyl (C=O) groups is 2. The predicted octanol–water partition coefficient (Wildman–Crippen LogP) is 3.02. The smallest absolute Gasteiger partial charge is 0.272 e. The standard InChI is InChI=1S/C18H14Cl2FN7O2/c19-9-5-6-10(12(20)7-9)17(29)27-25-15-14(22)16(24-8-23-15)26-28-18(30)11-3-1-2-4-13(11)21/h1-8H,22H2,(H,27,29)(H,28,30)(H2,23,24,25,26). The van der Waals surface area contributed by atoms with Crippen molar-refractivity contribution in [1.82, 2.24) is 20.8 Å². The third-order valence-corrected chi connectivity index (χ3v) is 4.31. The third kappa shape index (κ3) is 4.85. The first kappa shape index (κ1) is 21.1. The quantitative estimate of drug-likeness (QED) is 0.365. The summed E-state index contributed by atoms with van der Waals surface area (Å²) in [4.78, 5) is 32.1. The van der Waals surface area contributed by atoms with Gasteiger partial charge in [0.15, 0.2) is 11.6 Å². The Morgan fingerprint density at radius 1 is 0.900 bits per heavy atom. The van der Waals surface area contributed by atoms with Gasteiger partial charge in [-0.25, -0.2) is 14.4 Å². The molecule has 30 heavy (non-hydrogen) atoms. The molecular weight excluding hydrogens is 436 g/mol. The molecule has 0 spiro atoms. The van der Waals surface area contributed by atoms with E-state index in [-0.39, 0.29) is 33.5 Å². The Morgan fingerprint density at radius 3 is 2.10 bits per heavy atom. The molecule has 0 atom stereocenters. The van der Waals surface area contributed by atoms with Gasteiger partial charge in [-0.3, -0.25) is 31.3 Å². The molecule has 1 heterocycles. The highest BCUT2D eigenvalue weighted by atomic mass is 35.5. The lowest BCUT2D eigenvalue weighted by Gasteiger charge is -2.14. The Balaban J connectivity index is 1.65. The number of nitrogens with two attached hydrogens (primary N) is 1. The summed E-state index contributed by atoms with van der Waals surface area (Å²) in [5, 5.41) is 0.549. The molecule has 0 aliphatic heterocycles. The average molecular weight is 450 g/mol. The van der Waals surface area contributed by atoms with Crippen LogP contribution in [0.3, 0.4) is 0 Å². The number of nitrogens with zero attached hydrogens (tertiary/aromatic N) is 2. The maximum Gasteiger partial charge on any atom is 0.272 e. The van der Waals surface area contributed by atoms with E-state index in [1.54, 1.807) is 0 Å². The van der Waals surface area contributed by atoms with Crippen molar-refractivity contribution in [1.29, 1.82) is 0 Å². The van der Waals surface area contributed by atoms with E-state index in [4.69, 9.17) is 28.9 Å². The molecule has 6 N–H and O–H groups in total. The topological polar surface area (TPSA) is 134 Å². The maximum atomic E-state index is 13.7. The first-order valence-electron chi connectivity index (χ1n) is 8.29. The van der Waals surface area contributed by atoms with Gasteiger partial charge in [0.1, 0.15) is 17.8 Å². The number of hydrogen-bond acceptors (Lipinski definition) is 7. The summed E-state index contributed by atoms with van der Waals surface area (Å²) in [6.07, 6.45) is 1.14. The number of halogens is 3. The number of hydrogen-bond donors (Lipinski definition) is 5. The Morgan fingerprint density at radius 2 is 1.50 bits per heavy atom. The van der Waals surface area contributed by atoms with Crippen LogP contribution in [0, 0.1) is 5.82 Å². The fraction of sp³-hybridized carbons (Fsp3) is 0. The zero-order valence-electron chi connectivity index (χ0n) is 15.0. The number of rotatable bonds is 6. The fourth-order valence-corrected chi connectivity index (χ4v) is 2.77. The molecule has 0 bridgehead atoms. The number of anilines is 3. The Labute approximate surface area is 179 Å². The van der Waals surface area contributed by atoms with Gasteiger partial charge < -0.3 is 5.73 Å². The van der Waals surface area contributed by atoms with Crippen molar-refractivity contribution in [3.05, 3.63) is 75.8 Å². The Bertz CT molecular complexity index is 1110. The van der Waals surface area contributed by atoms with Gasteiger partial charge in [-0.1, -0.05) is 35.3 Å². The van der Waals surface area contributed by atoms with Gasteiger partial charge in [-0.05, 0) is 30.3 Å². The summed E-state index contributed by atoms with van der Waals surface area (Å²) < 4.78 is 13.7. The van der Waals surface area contributed by atoms with Crippen LogP contribution in [0.15, 0.2) is 48.8 Å². The van der Waals surface area contributed by atoms with E-state index in [0.29, 0.717) is 5.02 Å². The van der Waals surface area contributed by atoms with Crippen LogP contribution in [0.1, 0.15) is 20.7 Å². The van der Waals surface area contributed by atoms with Gasteiger partial charge in [0.05, 0.1) is 16.1 Å². The first-order chi connectivity index (χ1) is 14.4. The number of carbonyl (C=O) groups excluding carboxylic acids is 2. The van der Waals surface area contributed by atoms with Gasteiger partial charge in [-0.2, -0.15) is 0 Å². The molecule has 0 saturated heterocycles. The van der Waals surface area contributed by atoms with Gasteiger partial charge in [0.25, 0.3) is 11.8 Å². The first-order valence-corrected chi connectivity index (χ1v) is 9.05. The van der Waals surface area contributed by atoms with Crippen LogP contribution < -0.4 is 27.4 Å². The van der Waals surface area contributed by atoms with Crippen molar-refractivity contribution in [2.75, 3.05) is 16.6 Å². The highest BCUT2D eigenvalue weighted by molar-refractivity contribution is 6.36. The molecular formula is C18H14Cl2FN7O2. The number of aromatic nitrogens is 2. The van der Waals surface area contributed by atoms with Crippen molar-refractivity contribution in [2.24, 2.45) is 0 Å². The molecule has 0 aliphatic rings. The zero-order chi connectivity index (χ0) is 21.7. The largest absolute Gasteiger partial charge is 0.393 e. The van der Waals surface area contributed by atoms with Crippen molar-refractivity contribution in [3.8, 4) is 0 Å². The summed E-state index contributed by atoms with van der Waals surface area (Å²) in [6.45, 7) is 0. The number of hydrazine groups is 2. The van der Waals surface area contributed by atoms with Crippen LogP contribution >= 0.6 is 23.2 Å². The lowest BCUT2D eigenvalue weighted by atomic mass is 10.2. The van der Waals surface area contributed by atoms with Crippen LogP contribution in [-0.4, -0.2) is 21.8 Å². The van der Waals surface area contributed by atoms with Crippen LogP contribution in [0.5, 0.6) is 0 Å². The van der Waals surface area contributed by atoms with Crippen LogP contribution in [0.25, 0.3) is 0 Å². The molecule has 1 aromatic heterocycles. The Kier molecular flexibility index (Phi) is 6.50. The van der Waals surface area contributed by atoms with E-state index < -0.39 is 17.6 Å². The summed E-state index contributed by atoms with van der Waals surface area (Å²) in [5.74, 6) is -1.90. The van der Waals surface area contributed by atoms with Crippen LogP contribution in [0.2, 0.25) is 10.0 Å². The van der Waals surface area contributed by atoms with E-state index in [1.165, 1.54) is 36.4 Å². The second kappa shape index (κ2) is 9.25. The lowest BCUT2D eigenvalue weighted by molar-refractivity contribution is 0.0952. The zero-order valence-corrected chi connectivity index (χ0v) is 16.6. The molecule has 12 heteroatoms. The van der Waals surface area contributed by atoms with Gasteiger partial charge in [-0.15, -0.1) is 0 Å². The van der Waals surface area contributed by atoms with Crippen molar-refractivity contribution in [2.45, 2.75) is 0 Å². The molecule has 0 fully saturated rings. The molecule has 3 aromatic rings. The molecule has 0 radical (unpaired) electrons. The van der Waals surface area contributed by atoms with E-state index >= 15 is 0 Å². The minimum Gasteiger partial charge on any atom is -0.393 e. The van der Waals surface area contributed by atoms with E-state index in [1.807, 2.05) is 0 Å². The third-order valence-electron chi connectivity index (χ3n) is 3.77. The van der Waals surface area contributed by atoms with Crippen LogP contribution in [0.4, 0.5) is 21.7 Å². The number of nitrogen functional groups attached to an aromatic ring is 1. The molecule has 0 aliphatic carbocycles. The summed E-state index contributed by atoms with van der Waals surface area (Å²) in [6, 6.07) is 9.86. The number of amides is 2. The number of nitrogens with one attached hydrogen (secondary N) is 4. The monoisotopic (exact) mass is 449 g/mol. The minimum atomic E-state index is -0.730. The highest BCUT2D eigenvalue weighted by Crippen LogP contribution is 2.23. The highest BCUT2D eigenvalue weighted by Gasteiger charge is 2.14. The normalized spacial score (nSPS) is 10.2. The fourth-order valence-electron chi connectivity index (χ4n) is 2.28. The lowest BCUT2D eigenvalue weighted by Crippen LogP contribution is -2.32. The van der Waals surface area contributed by atoms with Gasteiger partial charge >= 0.3 is 0 Å². The molecule has 2 amide bonds.